The van der Waals surface area contributed by atoms with Crippen molar-refractivity contribution in [3.05, 3.63) is 47.3 Å². The van der Waals surface area contributed by atoms with Gasteiger partial charge in [-0.1, -0.05) is 6.07 Å². The van der Waals surface area contributed by atoms with E-state index in [-0.39, 0.29) is 11.3 Å². The standard InChI is InChI=1S/C12H6F3N3O2/c13-12(14,15)9-6-17-18(10(9)11(19)20)8-3-1-2-7(4-8)5-16/h1-4,6H,(H,19,20). The summed E-state index contributed by atoms with van der Waals surface area (Å²) >= 11 is 0. The molecule has 1 aromatic heterocycles. The number of hydrogen-bond donors (Lipinski definition) is 1. The van der Waals surface area contributed by atoms with Crippen LogP contribution in [-0.4, -0.2) is 20.9 Å². The van der Waals surface area contributed by atoms with E-state index in [2.05, 4.69) is 5.10 Å². The van der Waals surface area contributed by atoms with Gasteiger partial charge in [-0.3, -0.25) is 0 Å². The highest BCUT2D eigenvalue weighted by Gasteiger charge is 2.39. The molecular weight excluding hydrogens is 275 g/mol. The van der Waals surface area contributed by atoms with Crippen LogP contribution in [0.4, 0.5) is 13.2 Å². The Labute approximate surface area is 110 Å². The number of carboxylic acids is 1. The average molecular weight is 281 g/mol. The fourth-order valence-electron chi connectivity index (χ4n) is 1.66. The minimum atomic E-state index is -4.82. The third-order valence-corrected chi connectivity index (χ3v) is 2.50. The lowest BCUT2D eigenvalue weighted by Crippen LogP contribution is -2.15. The maximum atomic E-state index is 12.7. The van der Waals surface area contributed by atoms with Gasteiger partial charge in [-0.25, -0.2) is 9.48 Å². The van der Waals surface area contributed by atoms with Crippen LogP contribution in [-0.2, 0) is 6.18 Å². The van der Waals surface area contributed by atoms with Crippen molar-refractivity contribution >= 4 is 5.97 Å². The van der Waals surface area contributed by atoms with E-state index in [9.17, 15) is 18.0 Å². The zero-order valence-corrected chi connectivity index (χ0v) is 9.72. The molecule has 2 rings (SSSR count). The van der Waals surface area contributed by atoms with E-state index >= 15 is 0 Å². The number of halogens is 3. The molecule has 0 amide bonds. The molecule has 0 spiro atoms. The number of hydrogen-bond acceptors (Lipinski definition) is 3. The molecule has 1 N–H and O–H groups in total. The lowest BCUT2D eigenvalue weighted by molar-refractivity contribution is -0.138. The second-order valence-corrected chi connectivity index (χ2v) is 3.78. The zero-order valence-electron chi connectivity index (χ0n) is 9.72. The Hall–Kier alpha value is -2.82. The predicted octanol–water partition coefficient (Wildman–Crippen LogP) is 2.46. The van der Waals surface area contributed by atoms with Gasteiger partial charge in [0.25, 0.3) is 0 Å². The van der Waals surface area contributed by atoms with E-state index in [1.807, 2.05) is 6.07 Å². The molecule has 1 heterocycles. The molecule has 5 nitrogen and oxygen atoms in total. The number of alkyl halides is 3. The highest BCUT2D eigenvalue weighted by molar-refractivity contribution is 5.88. The summed E-state index contributed by atoms with van der Waals surface area (Å²) in [5.41, 5.74) is -2.08. The van der Waals surface area contributed by atoms with Crippen LogP contribution in [0.25, 0.3) is 5.69 Å². The third-order valence-electron chi connectivity index (χ3n) is 2.50. The number of carbonyl (C=O) groups is 1. The Morgan fingerprint density at radius 3 is 2.65 bits per heavy atom. The zero-order chi connectivity index (χ0) is 14.9. The van der Waals surface area contributed by atoms with E-state index in [0.29, 0.717) is 10.9 Å². The molecule has 0 atom stereocenters. The summed E-state index contributed by atoms with van der Waals surface area (Å²) < 4.78 is 38.8. The van der Waals surface area contributed by atoms with Crippen molar-refractivity contribution in [3.63, 3.8) is 0 Å². The van der Waals surface area contributed by atoms with Crippen LogP contribution in [0.15, 0.2) is 30.5 Å². The molecule has 0 aliphatic heterocycles. The first-order chi connectivity index (χ1) is 9.34. The Morgan fingerprint density at radius 2 is 2.10 bits per heavy atom. The Balaban J connectivity index is 2.67. The molecule has 0 aliphatic carbocycles. The van der Waals surface area contributed by atoms with Crippen LogP contribution < -0.4 is 0 Å². The largest absolute Gasteiger partial charge is 0.476 e. The van der Waals surface area contributed by atoms with Gasteiger partial charge in [0, 0.05) is 0 Å². The van der Waals surface area contributed by atoms with Crippen LogP contribution in [0.1, 0.15) is 21.6 Å². The summed E-state index contributed by atoms with van der Waals surface area (Å²) in [6, 6.07) is 7.29. The smallest absolute Gasteiger partial charge is 0.420 e. The first-order valence-electron chi connectivity index (χ1n) is 5.23. The predicted molar refractivity (Wildman–Crippen MR) is 60.2 cm³/mol. The van der Waals surface area contributed by atoms with Crippen molar-refractivity contribution in [2.24, 2.45) is 0 Å². The molecule has 0 saturated carbocycles. The highest BCUT2D eigenvalue weighted by atomic mass is 19.4. The van der Waals surface area contributed by atoms with Crippen LogP contribution >= 0.6 is 0 Å². The van der Waals surface area contributed by atoms with Crippen LogP contribution in [0.3, 0.4) is 0 Å². The van der Waals surface area contributed by atoms with E-state index in [1.165, 1.54) is 24.3 Å². The van der Waals surface area contributed by atoms with Crippen molar-refractivity contribution in [2.75, 3.05) is 0 Å². The number of nitrogens with zero attached hydrogens (tertiary/aromatic N) is 3. The SMILES string of the molecule is N#Cc1cccc(-n2ncc(C(F)(F)F)c2C(=O)O)c1. The van der Waals surface area contributed by atoms with Gasteiger partial charge < -0.3 is 5.11 Å². The molecule has 0 bridgehead atoms. The maximum absolute atomic E-state index is 12.7. The highest BCUT2D eigenvalue weighted by Crippen LogP contribution is 2.32. The molecule has 1 aromatic carbocycles. The van der Waals surface area contributed by atoms with Crippen LogP contribution in [0, 0.1) is 11.3 Å². The molecular formula is C12H6F3N3O2. The van der Waals surface area contributed by atoms with Crippen molar-refractivity contribution < 1.29 is 23.1 Å². The quantitative estimate of drug-likeness (QED) is 0.917. The Kier molecular flexibility index (Phi) is 3.19. The fourth-order valence-corrected chi connectivity index (χ4v) is 1.66. The third kappa shape index (κ3) is 2.33. The van der Waals surface area contributed by atoms with Crippen molar-refractivity contribution in [3.8, 4) is 11.8 Å². The van der Waals surface area contributed by atoms with Gasteiger partial charge in [-0.05, 0) is 18.2 Å². The normalized spacial score (nSPS) is 11.1. The monoisotopic (exact) mass is 281 g/mol. The minimum Gasteiger partial charge on any atom is -0.476 e. The summed E-state index contributed by atoms with van der Waals surface area (Å²) in [7, 11) is 0. The number of carboxylic acid groups (broad SMARTS) is 1. The minimum absolute atomic E-state index is 0.0666. The lowest BCUT2D eigenvalue weighted by Gasteiger charge is -2.08. The van der Waals surface area contributed by atoms with Crippen molar-refractivity contribution in [2.45, 2.75) is 6.18 Å². The van der Waals surface area contributed by atoms with Gasteiger partial charge in [0.05, 0.1) is 23.5 Å². The average Bonchev–Trinajstić information content (AvgIpc) is 2.83. The Morgan fingerprint density at radius 1 is 1.40 bits per heavy atom. The molecule has 0 saturated heterocycles. The van der Waals surface area contributed by atoms with E-state index < -0.39 is 23.4 Å². The topological polar surface area (TPSA) is 78.9 Å². The van der Waals surface area contributed by atoms with E-state index in [1.54, 1.807) is 0 Å². The molecule has 0 radical (unpaired) electrons. The van der Waals surface area contributed by atoms with Gasteiger partial charge in [-0.2, -0.15) is 23.5 Å². The van der Waals surface area contributed by atoms with Gasteiger partial charge in [0.1, 0.15) is 5.56 Å². The number of aromatic nitrogens is 2. The second-order valence-electron chi connectivity index (χ2n) is 3.78. The first kappa shape index (κ1) is 13.6. The van der Waals surface area contributed by atoms with Gasteiger partial charge in [0.2, 0.25) is 0 Å². The van der Waals surface area contributed by atoms with E-state index in [0.717, 1.165) is 0 Å². The maximum Gasteiger partial charge on any atom is 0.420 e. The molecule has 0 fully saturated rings. The Bertz CT molecular complexity index is 713. The number of nitriles is 1. The molecule has 0 aliphatic rings. The summed E-state index contributed by atoms with van der Waals surface area (Å²) in [6.45, 7) is 0. The molecule has 8 heteroatoms. The van der Waals surface area contributed by atoms with Gasteiger partial charge >= 0.3 is 12.1 Å². The number of aromatic carboxylic acids is 1. The number of benzene rings is 1. The second kappa shape index (κ2) is 4.70. The van der Waals surface area contributed by atoms with Crippen molar-refractivity contribution in [1.29, 1.82) is 5.26 Å². The molecule has 102 valence electrons. The van der Waals surface area contributed by atoms with Gasteiger partial charge in [-0.15, -0.1) is 0 Å². The summed E-state index contributed by atoms with van der Waals surface area (Å²) in [5.74, 6) is -1.75. The molecule has 20 heavy (non-hydrogen) atoms. The van der Waals surface area contributed by atoms with Crippen LogP contribution in [0.2, 0.25) is 0 Å². The molecule has 2 aromatic rings. The fraction of sp³-hybridized carbons (Fsp3) is 0.0833. The lowest BCUT2D eigenvalue weighted by atomic mass is 10.2. The summed E-state index contributed by atoms with van der Waals surface area (Å²) in [6.07, 6.45) is -4.37. The van der Waals surface area contributed by atoms with Gasteiger partial charge in [0.15, 0.2) is 5.69 Å². The summed E-state index contributed by atoms with van der Waals surface area (Å²) in [5, 5.41) is 21.2. The number of rotatable bonds is 2. The van der Waals surface area contributed by atoms with Crippen molar-refractivity contribution in [1.82, 2.24) is 9.78 Å². The first-order valence-corrected chi connectivity index (χ1v) is 5.23. The van der Waals surface area contributed by atoms with E-state index in [4.69, 9.17) is 10.4 Å². The van der Waals surface area contributed by atoms with Crippen LogP contribution in [0.5, 0.6) is 0 Å². The molecule has 0 unspecified atom stereocenters. The summed E-state index contributed by atoms with van der Waals surface area (Å²) in [4.78, 5) is 11.1.